The van der Waals surface area contributed by atoms with Gasteiger partial charge in [0.1, 0.15) is 0 Å². The fourth-order valence-electron chi connectivity index (χ4n) is 4.36. The summed E-state index contributed by atoms with van der Waals surface area (Å²) in [7, 11) is 0. The van der Waals surface area contributed by atoms with Gasteiger partial charge in [-0.3, -0.25) is 4.68 Å². The van der Waals surface area contributed by atoms with Gasteiger partial charge in [-0.2, -0.15) is 18.3 Å². The summed E-state index contributed by atoms with van der Waals surface area (Å²) in [5.74, 6) is 0.704. The van der Waals surface area contributed by atoms with Crippen molar-refractivity contribution in [1.29, 1.82) is 0 Å². The summed E-state index contributed by atoms with van der Waals surface area (Å²) in [5, 5.41) is 4.92. The molecule has 31 heavy (non-hydrogen) atoms. The van der Waals surface area contributed by atoms with Crippen LogP contribution in [0.15, 0.2) is 6.07 Å². The Balaban J connectivity index is 1.57. The van der Waals surface area contributed by atoms with Crippen LogP contribution in [-0.2, 0) is 13.0 Å². The van der Waals surface area contributed by atoms with Gasteiger partial charge in [0.05, 0.1) is 5.69 Å². The van der Waals surface area contributed by atoms with Crippen LogP contribution in [0, 0.1) is 0 Å². The number of hydrogen-bond acceptors (Lipinski definition) is 1. The van der Waals surface area contributed by atoms with E-state index in [-0.39, 0.29) is 6.42 Å². The maximum atomic E-state index is 12.1. The van der Waals surface area contributed by atoms with Gasteiger partial charge in [-0.25, -0.2) is 0 Å². The van der Waals surface area contributed by atoms with Gasteiger partial charge in [-0.1, -0.05) is 84.0 Å². The van der Waals surface area contributed by atoms with Crippen LogP contribution in [0.1, 0.15) is 140 Å². The van der Waals surface area contributed by atoms with Gasteiger partial charge in [0.15, 0.2) is 0 Å². The van der Waals surface area contributed by atoms with E-state index < -0.39 is 12.6 Å². The van der Waals surface area contributed by atoms with E-state index >= 15 is 0 Å². The van der Waals surface area contributed by atoms with E-state index in [0.29, 0.717) is 12.3 Å². The van der Waals surface area contributed by atoms with Crippen molar-refractivity contribution in [3.63, 3.8) is 0 Å². The summed E-state index contributed by atoms with van der Waals surface area (Å²) in [4.78, 5) is 0. The Hall–Kier alpha value is -1.00. The molecule has 0 unspecified atom stereocenters. The van der Waals surface area contributed by atoms with Crippen LogP contribution < -0.4 is 0 Å². The molecule has 2 rings (SSSR count). The predicted molar refractivity (Wildman–Crippen MR) is 124 cm³/mol. The largest absolute Gasteiger partial charge is 0.389 e. The minimum atomic E-state index is -3.99. The first kappa shape index (κ1) is 26.3. The summed E-state index contributed by atoms with van der Waals surface area (Å²) >= 11 is 0. The third-order valence-electron chi connectivity index (χ3n) is 6.49. The molecule has 1 saturated carbocycles. The van der Waals surface area contributed by atoms with Gasteiger partial charge in [0.2, 0.25) is 0 Å². The van der Waals surface area contributed by atoms with E-state index in [1.54, 1.807) is 0 Å². The molecule has 1 aliphatic rings. The molecular formula is C26H45F3N2. The predicted octanol–water partition coefficient (Wildman–Crippen LogP) is 9.13. The first-order valence-electron chi connectivity index (χ1n) is 13.1. The quantitative estimate of drug-likeness (QED) is 0.195. The van der Waals surface area contributed by atoms with Crippen LogP contribution in [0.2, 0.25) is 0 Å². The van der Waals surface area contributed by atoms with Gasteiger partial charge in [0.25, 0.3) is 0 Å². The minimum absolute atomic E-state index is 0.283. The zero-order chi connectivity index (χ0) is 22.4. The molecule has 5 heteroatoms. The Morgan fingerprint density at radius 3 is 1.94 bits per heavy atom. The highest BCUT2D eigenvalue weighted by Crippen LogP contribution is 2.39. The second kappa shape index (κ2) is 14.9. The number of aryl methyl sites for hydroxylation is 2. The van der Waals surface area contributed by atoms with Crippen LogP contribution in [0.25, 0.3) is 0 Å². The topological polar surface area (TPSA) is 17.8 Å². The lowest BCUT2D eigenvalue weighted by atomic mass is 10.1. The molecule has 2 nitrogen and oxygen atoms in total. The lowest BCUT2D eigenvalue weighted by Gasteiger charge is -2.08. The van der Waals surface area contributed by atoms with E-state index in [1.165, 1.54) is 82.0 Å². The van der Waals surface area contributed by atoms with Crippen molar-refractivity contribution in [1.82, 2.24) is 9.78 Å². The highest BCUT2D eigenvalue weighted by Gasteiger charge is 2.27. The van der Waals surface area contributed by atoms with Crippen molar-refractivity contribution < 1.29 is 13.2 Å². The van der Waals surface area contributed by atoms with Gasteiger partial charge in [-0.05, 0) is 44.6 Å². The van der Waals surface area contributed by atoms with Crippen LogP contribution in [0.5, 0.6) is 0 Å². The zero-order valence-electron chi connectivity index (χ0n) is 19.8. The standard InChI is InChI=1S/C26H45F3N2/c1-2-3-4-5-6-10-13-16-21-31-24(22-25(30-31)23-18-19-23)17-14-11-8-7-9-12-15-20-26(27,28)29/h22-23H,2-21H2,1H3. The molecule has 0 amide bonds. The molecule has 0 radical (unpaired) electrons. The number of aromatic nitrogens is 2. The van der Waals surface area contributed by atoms with Crippen molar-refractivity contribution in [2.45, 2.75) is 148 Å². The van der Waals surface area contributed by atoms with Crippen LogP contribution in [-0.4, -0.2) is 16.0 Å². The fraction of sp³-hybridized carbons (Fsp3) is 0.885. The molecule has 0 bridgehead atoms. The van der Waals surface area contributed by atoms with E-state index in [2.05, 4.69) is 17.7 Å². The Morgan fingerprint density at radius 2 is 1.35 bits per heavy atom. The number of alkyl halides is 3. The monoisotopic (exact) mass is 442 g/mol. The van der Waals surface area contributed by atoms with Gasteiger partial charge < -0.3 is 0 Å². The van der Waals surface area contributed by atoms with Crippen molar-refractivity contribution in [2.75, 3.05) is 0 Å². The average Bonchev–Trinajstić information content (AvgIpc) is 3.49. The second-order valence-electron chi connectivity index (χ2n) is 9.62. The molecule has 1 aromatic heterocycles. The normalized spacial score (nSPS) is 14.5. The van der Waals surface area contributed by atoms with E-state index in [9.17, 15) is 13.2 Å². The second-order valence-corrected chi connectivity index (χ2v) is 9.62. The Morgan fingerprint density at radius 1 is 0.806 bits per heavy atom. The summed E-state index contributed by atoms with van der Waals surface area (Å²) in [6.45, 7) is 3.32. The third kappa shape index (κ3) is 12.6. The maximum absolute atomic E-state index is 12.1. The first-order chi connectivity index (χ1) is 15.0. The highest BCUT2D eigenvalue weighted by atomic mass is 19.4. The average molecular weight is 443 g/mol. The molecule has 0 spiro atoms. The number of unbranched alkanes of at least 4 members (excludes halogenated alkanes) is 13. The van der Waals surface area contributed by atoms with E-state index in [4.69, 9.17) is 5.10 Å². The van der Waals surface area contributed by atoms with Crippen molar-refractivity contribution in [3.05, 3.63) is 17.5 Å². The molecule has 0 N–H and O–H groups in total. The van der Waals surface area contributed by atoms with Crippen molar-refractivity contribution in [2.24, 2.45) is 0 Å². The molecule has 0 atom stereocenters. The third-order valence-corrected chi connectivity index (χ3v) is 6.49. The van der Waals surface area contributed by atoms with Crippen LogP contribution in [0.4, 0.5) is 13.2 Å². The van der Waals surface area contributed by atoms with Crippen LogP contribution >= 0.6 is 0 Å². The van der Waals surface area contributed by atoms with Crippen LogP contribution in [0.3, 0.4) is 0 Å². The SMILES string of the molecule is CCCCCCCCCCn1nc(C2CC2)cc1CCCCCCCCCC(F)(F)F. The summed E-state index contributed by atoms with van der Waals surface area (Å²) in [6.07, 6.45) is 16.2. The Labute approximate surface area is 188 Å². The van der Waals surface area contributed by atoms with E-state index in [0.717, 1.165) is 38.6 Å². The first-order valence-corrected chi connectivity index (χ1v) is 13.1. The van der Waals surface area contributed by atoms with Gasteiger partial charge in [-0.15, -0.1) is 0 Å². The Kier molecular flexibility index (Phi) is 12.7. The van der Waals surface area contributed by atoms with Crippen molar-refractivity contribution in [3.8, 4) is 0 Å². The maximum Gasteiger partial charge on any atom is 0.389 e. The van der Waals surface area contributed by atoms with Crippen molar-refractivity contribution >= 4 is 0 Å². The summed E-state index contributed by atoms with van der Waals surface area (Å²) < 4.78 is 38.7. The summed E-state index contributed by atoms with van der Waals surface area (Å²) in [5.41, 5.74) is 2.70. The van der Waals surface area contributed by atoms with Gasteiger partial charge >= 0.3 is 6.18 Å². The smallest absolute Gasteiger partial charge is 0.269 e. The molecule has 1 aliphatic carbocycles. The number of hydrogen-bond donors (Lipinski definition) is 0. The molecular weight excluding hydrogens is 397 g/mol. The lowest BCUT2D eigenvalue weighted by molar-refractivity contribution is -0.135. The molecule has 0 saturated heterocycles. The zero-order valence-corrected chi connectivity index (χ0v) is 19.8. The fourth-order valence-corrected chi connectivity index (χ4v) is 4.36. The minimum Gasteiger partial charge on any atom is -0.269 e. The molecule has 1 heterocycles. The number of halogens is 3. The van der Waals surface area contributed by atoms with E-state index in [1.807, 2.05) is 0 Å². The molecule has 0 aromatic carbocycles. The number of rotatable bonds is 19. The number of nitrogens with zero attached hydrogens (tertiary/aromatic N) is 2. The molecule has 1 fully saturated rings. The van der Waals surface area contributed by atoms with Gasteiger partial charge in [0, 0.05) is 24.6 Å². The molecule has 180 valence electrons. The summed E-state index contributed by atoms with van der Waals surface area (Å²) in [6, 6.07) is 2.35. The molecule has 1 aromatic rings. The molecule has 0 aliphatic heterocycles. The Bertz CT molecular complexity index is 576. The lowest BCUT2D eigenvalue weighted by Crippen LogP contribution is -2.06. The highest BCUT2D eigenvalue weighted by molar-refractivity contribution is 5.18.